The normalized spacial score (nSPS) is 19.1. The summed E-state index contributed by atoms with van der Waals surface area (Å²) in [5.41, 5.74) is 2.61. The smallest absolute Gasteiger partial charge is 0.277 e. The Hall–Kier alpha value is -2.51. The van der Waals surface area contributed by atoms with Gasteiger partial charge in [-0.05, 0) is 50.1 Å². The number of benzene rings is 2. The molecular formula is C20H21N3O3S. The second-order valence-corrected chi connectivity index (χ2v) is 8.57. The summed E-state index contributed by atoms with van der Waals surface area (Å²) < 4.78 is 26.8. The number of aliphatic imine (C=N–C) groups is 1. The van der Waals surface area contributed by atoms with Crippen LogP contribution < -0.4 is 4.90 Å². The zero-order valence-electron chi connectivity index (χ0n) is 15.1. The number of fused-ring (bicyclic) bond motifs is 1. The molecule has 0 atom stereocenters. The Morgan fingerprint density at radius 1 is 1.00 bits per heavy atom. The standard InChI is InChI=1S/C20H21N3O3S/c1-2-23-18-8-4-3-7-17(18)19(20(23)24)21-15-9-11-16(12-10-15)27(25,26)22-13-5-6-14-22/h3-4,7-12H,2,5-6,13-14H2,1H3. The van der Waals surface area contributed by atoms with Gasteiger partial charge in [0.1, 0.15) is 5.71 Å². The highest BCUT2D eigenvalue weighted by molar-refractivity contribution is 7.89. The number of nitrogens with zero attached hydrogens (tertiary/aromatic N) is 3. The van der Waals surface area contributed by atoms with Crippen LogP contribution in [0.4, 0.5) is 11.4 Å². The minimum Gasteiger partial charge on any atom is -0.307 e. The van der Waals surface area contributed by atoms with Crippen molar-refractivity contribution in [1.82, 2.24) is 4.31 Å². The third-order valence-corrected chi connectivity index (χ3v) is 6.91. The van der Waals surface area contributed by atoms with Gasteiger partial charge in [-0.25, -0.2) is 13.4 Å². The van der Waals surface area contributed by atoms with E-state index >= 15 is 0 Å². The van der Waals surface area contributed by atoms with E-state index in [1.807, 2.05) is 31.2 Å². The number of likely N-dealkylation sites (N-methyl/N-ethyl adjacent to an activating group) is 1. The Bertz CT molecular complexity index is 1010. The molecule has 0 N–H and O–H groups in total. The van der Waals surface area contributed by atoms with E-state index in [1.165, 1.54) is 4.31 Å². The second kappa shape index (κ2) is 6.90. The summed E-state index contributed by atoms with van der Waals surface area (Å²) in [7, 11) is -3.45. The van der Waals surface area contributed by atoms with Gasteiger partial charge < -0.3 is 4.90 Å². The first-order valence-corrected chi connectivity index (χ1v) is 10.6. The summed E-state index contributed by atoms with van der Waals surface area (Å²) in [4.78, 5) is 19.2. The molecule has 2 aliphatic rings. The van der Waals surface area contributed by atoms with Crippen molar-refractivity contribution < 1.29 is 13.2 Å². The molecule has 0 saturated carbocycles. The lowest BCUT2D eigenvalue weighted by Gasteiger charge is -2.15. The molecule has 4 rings (SSSR count). The highest BCUT2D eigenvalue weighted by atomic mass is 32.2. The maximum Gasteiger partial charge on any atom is 0.277 e. The fraction of sp³-hybridized carbons (Fsp3) is 0.300. The Morgan fingerprint density at radius 3 is 2.33 bits per heavy atom. The van der Waals surface area contributed by atoms with E-state index < -0.39 is 10.0 Å². The topological polar surface area (TPSA) is 70.0 Å². The van der Waals surface area contributed by atoms with Crippen molar-refractivity contribution in [3.8, 4) is 0 Å². The first-order valence-electron chi connectivity index (χ1n) is 9.12. The summed E-state index contributed by atoms with van der Waals surface area (Å²) in [5, 5.41) is 0. The number of hydrogen-bond donors (Lipinski definition) is 0. The number of para-hydroxylation sites is 1. The predicted octanol–water partition coefficient (Wildman–Crippen LogP) is 2.96. The summed E-state index contributed by atoms with van der Waals surface area (Å²) >= 11 is 0. The van der Waals surface area contributed by atoms with Crippen LogP contribution in [0.5, 0.6) is 0 Å². The van der Waals surface area contributed by atoms with Gasteiger partial charge in [-0.1, -0.05) is 18.2 Å². The predicted molar refractivity (Wildman–Crippen MR) is 105 cm³/mol. The van der Waals surface area contributed by atoms with Crippen molar-refractivity contribution in [3.63, 3.8) is 0 Å². The van der Waals surface area contributed by atoms with E-state index in [-0.39, 0.29) is 10.8 Å². The van der Waals surface area contributed by atoms with Gasteiger partial charge in [0, 0.05) is 25.2 Å². The molecule has 0 radical (unpaired) electrons. The maximum absolute atomic E-state index is 12.7. The summed E-state index contributed by atoms with van der Waals surface area (Å²) in [6.45, 7) is 3.65. The molecule has 0 unspecified atom stereocenters. The SMILES string of the molecule is CCN1C(=O)C(=Nc2ccc(S(=O)(=O)N3CCCC3)cc2)c2ccccc21. The lowest BCUT2D eigenvalue weighted by Crippen LogP contribution is -2.29. The van der Waals surface area contributed by atoms with E-state index in [4.69, 9.17) is 0 Å². The van der Waals surface area contributed by atoms with E-state index in [0.29, 0.717) is 31.0 Å². The third kappa shape index (κ3) is 3.07. The summed E-state index contributed by atoms with van der Waals surface area (Å²) in [6, 6.07) is 14.0. The van der Waals surface area contributed by atoms with Crippen LogP contribution in [0.1, 0.15) is 25.3 Å². The molecule has 1 fully saturated rings. The first kappa shape index (κ1) is 17.9. The molecule has 2 heterocycles. The molecule has 0 spiro atoms. The van der Waals surface area contributed by atoms with Crippen molar-refractivity contribution in [2.75, 3.05) is 24.5 Å². The van der Waals surface area contributed by atoms with Gasteiger partial charge in [0.05, 0.1) is 16.3 Å². The molecule has 0 aromatic heterocycles. The molecule has 7 heteroatoms. The lowest BCUT2D eigenvalue weighted by atomic mass is 10.1. The van der Waals surface area contributed by atoms with Gasteiger partial charge in [0.2, 0.25) is 10.0 Å². The molecule has 0 bridgehead atoms. The number of anilines is 1. The average Bonchev–Trinajstić information content (AvgIpc) is 3.31. The average molecular weight is 383 g/mol. The number of carbonyl (C=O) groups excluding carboxylic acids is 1. The number of sulfonamides is 1. The molecular weight excluding hydrogens is 362 g/mol. The number of hydrogen-bond acceptors (Lipinski definition) is 4. The molecule has 0 aliphatic carbocycles. The molecule has 2 aliphatic heterocycles. The number of rotatable bonds is 4. The Morgan fingerprint density at radius 2 is 1.67 bits per heavy atom. The number of amides is 1. The molecule has 1 saturated heterocycles. The molecule has 2 aromatic rings. The Labute approximate surface area is 159 Å². The highest BCUT2D eigenvalue weighted by Crippen LogP contribution is 2.31. The minimum absolute atomic E-state index is 0.132. The maximum atomic E-state index is 12.7. The highest BCUT2D eigenvalue weighted by Gasteiger charge is 2.32. The lowest BCUT2D eigenvalue weighted by molar-refractivity contribution is -0.112. The van der Waals surface area contributed by atoms with Crippen molar-refractivity contribution in [2.45, 2.75) is 24.7 Å². The Kier molecular flexibility index (Phi) is 4.57. The van der Waals surface area contributed by atoms with Crippen LogP contribution in [0.25, 0.3) is 0 Å². The van der Waals surface area contributed by atoms with Gasteiger partial charge in [-0.15, -0.1) is 0 Å². The molecule has 1 amide bonds. The van der Waals surface area contributed by atoms with Crippen LogP contribution in [0.15, 0.2) is 58.4 Å². The van der Waals surface area contributed by atoms with Gasteiger partial charge in [0.15, 0.2) is 0 Å². The van der Waals surface area contributed by atoms with Gasteiger partial charge in [-0.3, -0.25) is 4.79 Å². The minimum atomic E-state index is -3.45. The zero-order valence-corrected chi connectivity index (χ0v) is 15.9. The van der Waals surface area contributed by atoms with E-state index in [2.05, 4.69) is 4.99 Å². The summed E-state index contributed by atoms with van der Waals surface area (Å²) in [5.74, 6) is -0.132. The third-order valence-electron chi connectivity index (χ3n) is 4.99. The van der Waals surface area contributed by atoms with Crippen LogP contribution in [-0.4, -0.2) is 44.0 Å². The fourth-order valence-corrected chi connectivity index (χ4v) is 5.10. The van der Waals surface area contributed by atoms with Gasteiger partial charge in [0.25, 0.3) is 5.91 Å². The van der Waals surface area contributed by atoms with Crippen LogP contribution in [0.2, 0.25) is 0 Å². The first-order chi connectivity index (χ1) is 13.0. The monoisotopic (exact) mass is 383 g/mol. The second-order valence-electron chi connectivity index (χ2n) is 6.63. The van der Waals surface area contributed by atoms with Crippen molar-refractivity contribution in [2.24, 2.45) is 4.99 Å². The van der Waals surface area contributed by atoms with Crippen molar-refractivity contribution in [1.29, 1.82) is 0 Å². The van der Waals surface area contributed by atoms with E-state index in [0.717, 1.165) is 24.1 Å². The summed E-state index contributed by atoms with van der Waals surface area (Å²) in [6.07, 6.45) is 1.81. The largest absolute Gasteiger partial charge is 0.307 e. The molecule has 6 nitrogen and oxygen atoms in total. The van der Waals surface area contributed by atoms with Gasteiger partial charge >= 0.3 is 0 Å². The van der Waals surface area contributed by atoms with E-state index in [1.54, 1.807) is 29.2 Å². The molecule has 27 heavy (non-hydrogen) atoms. The fourth-order valence-electron chi connectivity index (χ4n) is 3.58. The van der Waals surface area contributed by atoms with Crippen LogP contribution in [0.3, 0.4) is 0 Å². The zero-order chi connectivity index (χ0) is 19.0. The Balaban J connectivity index is 1.66. The van der Waals surface area contributed by atoms with Crippen molar-refractivity contribution in [3.05, 3.63) is 54.1 Å². The van der Waals surface area contributed by atoms with Crippen molar-refractivity contribution >= 4 is 33.0 Å². The van der Waals surface area contributed by atoms with E-state index in [9.17, 15) is 13.2 Å². The van der Waals surface area contributed by atoms with Gasteiger partial charge in [-0.2, -0.15) is 4.31 Å². The molecule has 2 aromatic carbocycles. The van der Waals surface area contributed by atoms with Crippen LogP contribution in [0, 0.1) is 0 Å². The molecule has 140 valence electrons. The quantitative estimate of drug-likeness (QED) is 0.815. The number of carbonyl (C=O) groups is 1. The van der Waals surface area contributed by atoms with Crippen LogP contribution >= 0.6 is 0 Å². The van der Waals surface area contributed by atoms with Crippen LogP contribution in [-0.2, 0) is 14.8 Å².